The second-order valence-electron chi connectivity index (χ2n) is 6.06. The van der Waals surface area contributed by atoms with Crippen LogP contribution < -0.4 is 15.6 Å². The lowest BCUT2D eigenvalue weighted by Crippen LogP contribution is -2.31. The van der Waals surface area contributed by atoms with Crippen molar-refractivity contribution in [3.8, 4) is 5.75 Å². The Hall–Kier alpha value is -3.68. The van der Waals surface area contributed by atoms with Crippen LogP contribution in [-0.2, 0) is 16.1 Å². The third-order valence-electron chi connectivity index (χ3n) is 3.99. The van der Waals surface area contributed by atoms with Crippen LogP contribution in [0.5, 0.6) is 5.75 Å². The fourth-order valence-corrected chi connectivity index (χ4v) is 2.62. The Balaban J connectivity index is 1.59. The zero-order valence-electron chi connectivity index (χ0n) is 15.5. The minimum atomic E-state index is -0.644. The van der Waals surface area contributed by atoms with E-state index < -0.39 is 11.9 Å². The van der Waals surface area contributed by atoms with E-state index in [0.29, 0.717) is 22.7 Å². The minimum Gasteiger partial charge on any atom is -0.496 e. The van der Waals surface area contributed by atoms with Gasteiger partial charge in [0.05, 0.1) is 18.4 Å². The van der Waals surface area contributed by atoms with Crippen LogP contribution >= 0.6 is 0 Å². The number of carbonyl (C=O) groups excluding carboxylic acids is 2. The van der Waals surface area contributed by atoms with E-state index in [1.165, 1.54) is 17.6 Å². The van der Waals surface area contributed by atoms with Gasteiger partial charge < -0.3 is 14.8 Å². The van der Waals surface area contributed by atoms with E-state index in [0.717, 1.165) is 5.56 Å². The van der Waals surface area contributed by atoms with Crippen LogP contribution in [0.2, 0.25) is 0 Å². The number of aromatic nitrogens is 2. The predicted molar refractivity (Wildman–Crippen MR) is 101 cm³/mol. The summed E-state index contributed by atoms with van der Waals surface area (Å²) in [5.41, 5.74) is 1.79. The van der Waals surface area contributed by atoms with E-state index in [1.807, 2.05) is 13.0 Å². The molecule has 8 nitrogen and oxygen atoms in total. The topological polar surface area (TPSA) is 99.0 Å². The summed E-state index contributed by atoms with van der Waals surface area (Å²) in [7, 11) is 1.46. The molecule has 0 fully saturated rings. The SMILES string of the molecule is COc1ccccc1C(=O)NCC(=O)OCc1cc(=O)n2cc(C)ccc2n1. The second-order valence-corrected chi connectivity index (χ2v) is 6.06. The van der Waals surface area contributed by atoms with Gasteiger partial charge in [-0.25, -0.2) is 4.98 Å². The molecule has 0 aliphatic carbocycles. The van der Waals surface area contributed by atoms with Gasteiger partial charge in [-0.15, -0.1) is 0 Å². The van der Waals surface area contributed by atoms with Crippen LogP contribution in [-0.4, -0.2) is 34.9 Å². The molecular formula is C20H19N3O5. The number of fused-ring (bicyclic) bond motifs is 1. The average molecular weight is 381 g/mol. The van der Waals surface area contributed by atoms with Crippen LogP contribution in [0.25, 0.3) is 5.65 Å². The summed E-state index contributed by atoms with van der Waals surface area (Å²) >= 11 is 0. The van der Waals surface area contributed by atoms with Gasteiger partial charge in [0, 0.05) is 12.3 Å². The van der Waals surface area contributed by atoms with Crippen molar-refractivity contribution < 1.29 is 19.1 Å². The molecule has 1 aromatic carbocycles. The molecule has 0 radical (unpaired) electrons. The Morgan fingerprint density at radius 1 is 1.18 bits per heavy atom. The number of esters is 1. The third kappa shape index (κ3) is 4.35. The Morgan fingerprint density at radius 3 is 2.75 bits per heavy atom. The number of nitrogens with zero attached hydrogens (tertiary/aromatic N) is 2. The quantitative estimate of drug-likeness (QED) is 0.650. The maximum absolute atomic E-state index is 12.2. The summed E-state index contributed by atoms with van der Waals surface area (Å²) in [5.74, 6) is -0.689. The highest BCUT2D eigenvalue weighted by molar-refractivity contribution is 5.98. The van der Waals surface area contributed by atoms with Gasteiger partial charge in [0.25, 0.3) is 11.5 Å². The van der Waals surface area contributed by atoms with E-state index in [1.54, 1.807) is 36.5 Å². The molecule has 0 aliphatic heterocycles. The van der Waals surface area contributed by atoms with Crippen molar-refractivity contribution in [1.82, 2.24) is 14.7 Å². The van der Waals surface area contributed by atoms with E-state index in [4.69, 9.17) is 9.47 Å². The molecule has 8 heteroatoms. The normalized spacial score (nSPS) is 10.5. The number of para-hydroxylation sites is 1. The van der Waals surface area contributed by atoms with Gasteiger partial charge >= 0.3 is 5.97 Å². The summed E-state index contributed by atoms with van der Waals surface area (Å²) in [5, 5.41) is 2.48. The molecule has 2 heterocycles. The number of hydrogen-bond acceptors (Lipinski definition) is 6. The minimum absolute atomic E-state index is 0.164. The Morgan fingerprint density at radius 2 is 1.96 bits per heavy atom. The van der Waals surface area contributed by atoms with Crippen molar-refractivity contribution in [3.05, 3.63) is 75.8 Å². The molecule has 0 saturated carbocycles. The highest BCUT2D eigenvalue weighted by Crippen LogP contribution is 2.16. The Labute approximate surface area is 160 Å². The molecule has 144 valence electrons. The summed E-state index contributed by atoms with van der Waals surface area (Å²) in [6.45, 7) is 1.40. The first-order chi connectivity index (χ1) is 13.5. The van der Waals surface area contributed by atoms with Gasteiger partial charge in [-0.1, -0.05) is 18.2 Å². The number of carbonyl (C=O) groups is 2. The predicted octanol–water partition coefficient (Wildman–Crippen LogP) is 1.48. The van der Waals surface area contributed by atoms with Crippen molar-refractivity contribution >= 4 is 17.5 Å². The van der Waals surface area contributed by atoms with E-state index in [2.05, 4.69) is 10.3 Å². The molecule has 0 aliphatic rings. The fourth-order valence-electron chi connectivity index (χ4n) is 2.62. The molecule has 0 spiro atoms. The van der Waals surface area contributed by atoms with Crippen LogP contribution in [0.1, 0.15) is 21.6 Å². The van der Waals surface area contributed by atoms with Crippen LogP contribution in [0.3, 0.4) is 0 Å². The van der Waals surface area contributed by atoms with Gasteiger partial charge in [0.15, 0.2) is 0 Å². The number of ether oxygens (including phenoxy) is 2. The van der Waals surface area contributed by atoms with Gasteiger partial charge in [0.1, 0.15) is 24.5 Å². The molecule has 1 amide bonds. The monoisotopic (exact) mass is 381 g/mol. The Kier molecular flexibility index (Phi) is 5.69. The van der Waals surface area contributed by atoms with Crippen molar-refractivity contribution in [3.63, 3.8) is 0 Å². The molecule has 3 aromatic rings. The van der Waals surface area contributed by atoms with Gasteiger partial charge in [-0.3, -0.25) is 18.8 Å². The summed E-state index contributed by atoms with van der Waals surface area (Å²) < 4.78 is 11.6. The van der Waals surface area contributed by atoms with Gasteiger partial charge in [0.2, 0.25) is 0 Å². The maximum Gasteiger partial charge on any atom is 0.325 e. The van der Waals surface area contributed by atoms with E-state index >= 15 is 0 Å². The smallest absolute Gasteiger partial charge is 0.325 e. The van der Waals surface area contributed by atoms with Crippen molar-refractivity contribution in [1.29, 1.82) is 0 Å². The average Bonchev–Trinajstić information content (AvgIpc) is 2.71. The fraction of sp³-hybridized carbons (Fsp3) is 0.200. The van der Waals surface area contributed by atoms with Crippen molar-refractivity contribution in [2.24, 2.45) is 0 Å². The highest BCUT2D eigenvalue weighted by atomic mass is 16.5. The number of nitrogens with one attached hydrogen (secondary N) is 1. The second kappa shape index (κ2) is 8.34. The van der Waals surface area contributed by atoms with Gasteiger partial charge in [-0.05, 0) is 30.7 Å². The number of aryl methyl sites for hydroxylation is 1. The Bertz CT molecular complexity index is 1090. The van der Waals surface area contributed by atoms with Crippen molar-refractivity contribution in [2.75, 3.05) is 13.7 Å². The number of methoxy groups -OCH3 is 1. The maximum atomic E-state index is 12.2. The molecule has 0 bridgehead atoms. The number of pyridine rings is 1. The largest absolute Gasteiger partial charge is 0.496 e. The third-order valence-corrected chi connectivity index (χ3v) is 3.99. The molecule has 28 heavy (non-hydrogen) atoms. The zero-order valence-corrected chi connectivity index (χ0v) is 15.5. The molecule has 0 saturated heterocycles. The number of rotatable bonds is 6. The van der Waals surface area contributed by atoms with Crippen molar-refractivity contribution in [2.45, 2.75) is 13.5 Å². The standard InChI is InChI=1S/C20H19N3O5/c1-13-7-8-17-22-14(9-18(24)23(17)11-13)12-28-19(25)10-21-20(26)15-5-3-4-6-16(15)27-2/h3-9,11H,10,12H2,1-2H3,(H,21,26). The molecule has 2 aromatic heterocycles. The summed E-state index contributed by atoms with van der Waals surface area (Å²) in [6.07, 6.45) is 1.69. The number of amides is 1. The lowest BCUT2D eigenvalue weighted by molar-refractivity contribution is -0.143. The molecule has 0 atom stereocenters. The van der Waals surface area contributed by atoms with E-state index in [-0.39, 0.29) is 18.7 Å². The molecular weight excluding hydrogens is 362 g/mol. The highest BCUT2D eigenvalue weighted by Gasteiger charge is 2.13. The van der Waals surface area contributed by atoms with E-state index in [9.17, 15) is 14.4 Å². The van der Waals surface area contributed by atoms with Crippen LogP contribution in [0.4, 0.5) is 0 Å². The number of benzene rings is 1. The first-order valence-electron chi connectivity index (χ1n) is 8.53. The lowest BCUT2D eigenvalue weighted by atomic mass is 10.2. The lowest BCUT2D eigenvalue weighted by Gasteiger charge is -2.09. The first-order valence-corrected chi connectivity index (χ1v) is 8.53. The molecule has 1 N–H and O–H groups in total. The zero-order chi connectivity index (χ0) is 20.1. The van der Waals surface area contributed by atoms with Crippen LogP contribution in [0.15, 0.2) is 53.5 Å². The summed E-state index contributed by atoms with van der Waals surface area (Å²) in [6, 6.07) is 11.5. The molecule has 0 unspecified atom stereocenters. The summed E-state index contributed by atoms with van der Waals surface area (Å²) in [4.78, 5) is 40.5. The van der Waals surface area contributed by atoms with Gasteiger partial charge in [-0.2, -0.15) is 0 Å². The van der Waals surface area contributed by atoms with Crippen LogP contribution in [0, 0.1) is 6.92 Å². The molecule has 3 rings (SSSR count). The first kappa shape index (κ1) is 19.1. The number of hydrogen-bond donors (Lipinski definition) is 1.